The van der Waals surface area contributed by atoms with Gasteiger partial charge in [-0.25, -0.2) is 13.1 Å². The second kappa shape index (κ2) is 4.83. The van der Waals surface area contributed by atoms with Gasteiger partial charge in [-0.1, -0.05) is 0 Å². The minimum absolute atomic E-state index is 0.0985. The maximum Gasteiger partial charge on any atom is 0.240 e. The van der Waals surface area contributed by atoms with Crippen LogP contribution in [-0.4, -0.2) is 25.7 Å². The molecule has 1 aromatic carbocycles. The Hall–Kier alpha value is -0.180. The van der Waals surface area contributed by atoms with Crippen molar-refractivity contribution in [2.75, 3.05) is 6.54 Å². The first-order valence-electron chi connectivity index (χ1n) is 5.39. The quantitative estimate of drug-likeness (QED) is 0.793. The van der Waals surface area contributed by atoms with Gasteiger partial charge < -0.3 is 5.11 Å². The highest BCUT2D eigenvalue weighted by Crippen LogP contribution is 2.31. The summed E-state index contributed by atoms with van der Waals surface area (Å²) in [7, 11) is -3.50. The molecule has 17 heavy (non-hydrogen) atoms. The molecule has 0 radical (unpaired) electrons. The third kappa shape index (κ3) is 3.18. The summed E-state index contributed by atoms with van der Waals surface area (Å²) in [4.78, 5) is 0.237. The van der Waals surface area contributed by atoms with E-state index in [2.05, 4.69) is 27.3 Å². The average molecular weight is 367 g/mol. The SMILES string of the molecule is O=S(=O)(NCC1(O)CCC1)c1ccc(I)cc1. The molecule has 0 saturated heterocycles. The highest BCUT2D eigenvalue weighted by molar-refractivity contribution is 14.1. The fraction of sp³-hybridized carbons (Fsp3) is 0.455. The van der Waals surface area contributed by atoms with E-state index in [1.165, 1.54) is 0 Å². The molecular formula is C11H14INO3S. The molecule has 6 heteroatoms. The molecule has 1 aromatic rings. The molecule has 1 aliphatic rings. The van der Waals surface area contributed by atoms with Crippen LogP contribution < -0.4 is 4.72 Å². The molecule has 4 nitrogen and oxygen atoms in total. The molecule has 0 spiro atoms. The number of hydrogen-bond acceptors (Lipinski definition) is 3. The highest BCUT2D eigenvalue weighted by atomic mass is 127. The average Bonchev–Trinajstić information content (AvgIpc) is 2.24. The Morgan fingerprint density at radius 3 is 2.35 bits per heavy atom. The van der Waals surface area contributed by atoms with Crippen molar-refractivity contribution in [3.63, 3.8) is 0 Å². The van der Waals surface area contributed by atoms with E-state index in [9.17, 15) is 13.5 Å². The molecule has 2 rings (SSSR count). The molecule has 0 amide bonds. The number of rotatable bonds is 4. The predicted molar refractivity (Wildman–Crippen MR) is 73.1 cm³/mol. The maximum absolute atomic E-state index is 11.9. The molecule has 1 saturated carbocycles. The van der Waals surface area contributed by atoms with Gasteiger partial charge in [0.2, 0.25) is 10.0 Å². The van der Waals surface area contributed by atoms with Crippen LogP contribution in [0.4, 0.5) is 0 Å². The van der Waals surface area contributed by atoms with Crippen LogP contribution >= 0.6 is 22.6 Å². The number of sulfonamides is 1. The van der Waals surface area contributed by atoms with Gasteiger partial charge in [0.05, 0.1) is 10.5 Å². The van der Waals surface area contributed by atoms with Gasteiger partial charge in [0.1, 0.15) is 0 Å². The van der Waals surface area contributed by atoms with Crippen molar-refractivity contribution < 1.29 is 13.5 Å². The van der Waals surface area contributed by atoms with E-state index in [0.717, 1.165) is 9.99 Å². The Morgan fingerprint density at radius 1 is 1.29 bits per heavy atom. The maximum atomic E-state index is 11.9. The molecule has 94 valence electrons. The van der Waals surface area contributed by atoms with Gasteiger partial charge in [-0.05, 0) is 66.1 Å². The van der Waals surface area contributed by atoms with Crippen LogP contribution in [0, 0.1) is 3.57 Å². The van der Waals surface area contributed by atoms with Gasteiger partial charge in [0.25, 0.3) is 0 Å². The van der Waals surface area contributed by atoms with E-state index in [-0.39, 0.29) is 11.4 Å². The Balaban J connectivity index is 2.06. The summed E-state index contributed by atoms with van der Waals surface area (Å²) in [5.41, 5.74) is -0.837. The Kier molecular flexibility index (Phi) is 3.77. The van der Waals surface area contributed by atoms with Crippen molar-refractivity contribution >= 4 is 32.6 Å². The third-order valence-electron chi connectivity index (χ3n) is 3.00. The molecule has 1 fully saturated rings. The Bertz CT molecular complexity index is 494. The predicted octanol–water partition coefficient (Wildman–Crippen LogP) is 1.48. The van der Waals surface area contributed by atoms with Gasteiger partial charge in [0.15, 0.2) is 0 Å². The minimum Gasteiger partial charge on any atom is -0.389 e. The van der Waals surface area contributed by atoms with Crippen molar-refractivity contribution in [2.45, 2.75) is 29.8 Å². The molecular weight excluding hydrogens is 353 g/mol. The van der Waals surface area contributed by atoms with E-state index in [0.29, 0.717) is 12.8 Å². The minimum atomic E-state index is -3.50. The first kappa shape index (κ1) is 13.3. The molecule has 0 aromatic heterocycles. The number of benzene rings is 1. The van der Waals surface area contributed by atoms with Crippen LogP contribution in [0.15, 0.2) is 29.2 Å². The molecule has 2 N–H and O–H groups in total. The summed E-state index contributed by atoms with van der Waals surface area (Å²) in [5, 5.41) is 9.84. The van der Waals surface area contributed by atoms with Crippen molar-refractivity contribution in [3.05, 3.63) is 27.8 Å². The van der Waals surface area contributed by atoms with Crippen molar-refractivity contribution in [1.29, 1.82) is 0 Å². The zero-order valence-electron chi connectivity index (χ0n) is 9.19. The Labute approximate surface area is 115 Å². The van der Waals surface area contributed by atoms with Crippen molar-refractivity contribution in [1.82, 2.24) is 4.72 Å². The van der Waals surface area contributed by atoms with E-state index < -0.39 is 15.6 Å². The van der Waals surface area contributed by atoms with Crippen molar-refractivity contribution in [3.8, 4) is 0 Å². The monoisotopic (exact) mass is 367 g/mol. The molecule has 0 unspecified atom stereocenters. The van der Waals surface area contributed by atoms with E-state index in [1.54, 1.807) is 24.3 Å². The van der Waals surface area contributed by atoms with Gasteiger partial charge >= 0.3 is 0 Å². The lowest BCUT2D eigenvalue weighted by molar-refractivity contribution is -0.0270. The van der Waals surface area contributed by atoms with Crippen LogP contribution in [0.25, 0.3) is 0 Å². The molecule has 0 bridgehead atoms. The normalized spacial score (nSPS) is 18.7. The lowest BCUT2D eigenvalue weighted by Crippen LogP contribution is -2.47. The van der Waals surface area contributed by atoms with Gasteiger partial charge in [-0.3, -0.25) is 0 Å². The summed E-state index contributed by atoms with van der Waals surface area (Å²) in [5.74, 6) is 0. The summed E-state index contributed by atoms with van der Waals surface area (Å²) in [6.45, 7) is 0.0985. The largest absolute Gasteiger partial charge is 0.389 e. The number of nitrogens with one attached hydrogen (secondary N) is 1. The molecule has 0 atom stereocenters. The number of hydrogen-bond donors (Lipinski definition) is 2. The van der Waals surface area contributed by atoms with Gasteiger partial charge in [0, 0.05) is 10.1 Å². The second-order valence-corrected chi connectivity index (χ2v) is 7.37. The fourth-order valence-corrected chi connectivity index (χ4v) is 3.17. The first-order valence-corrected chi connectivity index (χ1v) is 7.95. The van der Waals surface area contributed by atoms with Gasteiger partial charge in [-0.15, -0.1) is 0 Å². The van der Waals surface area contributed by atoms with E-state index in [4.69, 9.17) is 0 Å². The van der Waals surface area contributed by atoms with Crippen LogP contribution in [0.3, 0.4) is 0 Å². The molecule has 0 aliphatic heterocycles. The summed E-state index contributed by atoms with van der Waals surface area (Å²) in [6, 6.07) is 6.62. The zero-order chi connectivity index (χ0) is 12.5. The first-order chi connectivity index (χ1) is 7.91. The number of aliphatic hydroxyl groups is 1. The van der Waals surface area contributed by atoms with Crippen LogP contribution in [0.1, 0.15) is 19.3 Å². The fourth-order valence-electron chi connectivity index (χ4n) is 1.69. The summed E-state index contributed by atoms with van der Waals surface area (Å²) >= 11 is 2.12. The lowest BCUT2D eigenvalue weighted by Gasteiger charge is -2.36. The summed E-state index contributed by atoms with van der Waals surface area (Å²) in [6.07, 6.45) is 2.30. The van der Waals surface area contributed by atoms with Crippen LogP contribution in [0.5, 0.6) is 0 Å². The molecule has 0 heterocycles. The second-order valence-electron chi connectivity index (χ2n) is 4.36. The summed E-state index contributed by atoms with van der Waals surface area (Å²) < 4.78 is 27.3. The standard InChI is InChI=1S/C11H14INO3S/c12-9-2-4-10(5-3-9)17(15,16)13-8-11(14)6-1-7-11/h2-5,13-14H,1,6-8H2. The topological polar surface area (TPSA) is 66.4 Å². The lowest BCUT2D eigenvalue weighted by atomic mass is 9.81. The Morgan fingerprint density at radius 2 is 1.88 bits per heavy atom. The zero-order valence-corrected chi connectivity index (χ0v) is 12.2. The van der Waals surface area contributed by atoms with Crippen molar-refractivity contribution in [2.24, 2.45) is 0 Å². The van der Waals surface area contributed by atoms with Gasteiger partial charge in [-0.2, -0.15) is 0 Å². The van der Waals surface area contributed by atoms with E-state index in [1.807, 2.05) is 0 Å². The highest BCUT2D eigenvalue weighted by Gasteiger charge is 2.35. The third-order valence-corrected chi connectivity index (χ3v) is 5.14. The molecule has 1 aliphatic carbocycles. The van der Waals surface area contributed by atoms with E-state index >= 15 is 0 Å². The smallest absolute Gasteiger partial charge is 0.240 e. The van der Waals surface area contributed by atoms with Crippen LogP contribution in [0.2, 0.25) is 0 Å². The van der Waals surface area contributed by atoms with Crippen LogP contribution in [-0.2, 0) is 10.0 Å². The number of halogens is 1.